The third-order valence-electron chi connectivity index (χ3n) is 4.15. The Hall–Kier alpha value is -2.99. The van der Waals surface area contributed by atoms with Crippen molar-refractivity contribution in [2.75, 3.05) is 16.6 Å². The van der Waals surface area contributed by atoms with E-state index in [0.717, 1.165) is 11.3 Å². The first kappa shape index (κ1) is 23.7. The maximum Gasteiger partial charge on any atom is 0.271 e. The molecule has 3 rings (SSSR count). The Morgan fingerprint density at radius 2 is 1.72 bits per heavy atom. The van der Waals surface area contributed by atoms with Crippen LogP contribution in [0.2, 0.25) is 0 Å². The number of benzene rings is 2. The molecule has 0 fully saturated rings. The number of sulfonamides is 2. The lowest BCUT2D eigenvalue weighted by molar-refractivity contribution is 0.102. The van der Waals surface area contributed by atoms with Gasteiger partial charge in [0, 0.05) is 23.5 Å². The van der Waals surface area contributed by atoms with Crippen molar-refractivity contribution in [2.45, 2.75) is 9.96 Å². The summed E-state index contributed by atoms with van der Waals surface area (Å²) in [5, 5.41) is 4.37. The lowest BCUT2D eigenvalue weighted by Crippen LogP contribution is -2.25. The Kier molecular flexibility index (Phi) is 7.46. The minimum Gasteiger partial charge on any atom is -0.322 e. The van der Waals surface area contributed by atoms with Gasteiger partial charge < -0.3 is 5.32 Å². The molecule has 3 N–H and O–H groups in total. The molecule has 0 atom stereocenters. The number of rotatable bonds is 10. The number of anilines is 2. The first-order valence-corrected chi connectivity index (χ1v) is 13.3. The van der Waals surface area contributed by atoms with Gasteiger partial charge >= 0.3 is 0 Å². The molecule has 0 aliphatic carbocycles. The molecule has 0 spiro atoms. The van der Waals surface area contributed by atoms with Gasteiger partial charge in [-0.1, -0.05) is 30.3 Å². The molecule has 0 aliphatic heterocycles. The fraction of sp³-hybridized carbons (Fsp3) is 0.0952. The van der Waals surface area contributed by atoms with E-state index in [1.807, 2.05) is 0 Å². The Morgan fingerprint density at radius 1 is 0.969 bits per heavy atom. The summed E-state index contributed by atoms with van der Waals surface area (Å²) in [7, 11) is -7.20. The number of hydrogen-bond acceptors (Lipinski definition) is 6. The summed E-state index contributed by atoms with van der Waals surface area (Å²) >= 11 is 1.09. The number of amides is 1. The normalized spacial score (nSPS) is 11.6. The Labute approximate surface area is 191 Å². The van der Waals surface area contributed by atoms with E-state index >= 15 is 0 Å². The van der Waals surface area contributed by atoms with E-state index in [2.05, 4.69) is 21.3 Å². The molecule has 1 heterocycles. The van der Waals surface area contributed by atoms with Crippen LogP contribution in [0.5, 0.6) is 0 Å². The molecule has 32 heavy (non-hydrogen) atoms. The minimum absolute atomic E-state index is 0.152. The molecule has 0 saturated carbocycles. The van der Waals surface area contributed by atoms with E-state index in [1.54, 1.807) is 53.9 Å². The van der Waals surface area contributed by atoms with Crippen LogP contribution in [0.3, 0.4) is 0 Å². The lowest BCUT2D eigenvalue weighted by atomic mass is 10.1. The van der Waals surface area contributed by atoms with E-state index in [9.17, 15) is 21.6 Å². The molecule has 1 aromatic heterocycles. The molecule has 0 aliphatic rings. The predicted molar refractivity (Wildman–Crippen MR) is 127 cm³/mol. The van der Waals surface area contributed by atoms with Crippen LogP contribution in [0, 0.1) is 0 Å². The van der Waals surface area contributed by atoms with Crippen LogP contribution in [0.15, 0.2) is 82.9 Å². The highest BCUT2D eigenvalue weighted by molar-refractivity contribution is 7.94. The van der Waals surface area contributed by atoms with Crippen molar-refractivity contribution >= 4 is 48.7 Å². The van der Waals surface area contributed by atoms with Crippen LogP contribution in [0.25, 0.3) is 0 Å². The van der Waals surface area contributed by atoms with Gasteiger partial charge in [0.2, 0.25) is 10.0 Å². The van der Waals surface area contributed by atoms with Gasteiger partial charge in [-0.2, -0.15) is 0 Å². The summed E-state index contributed by atoms with van der Waals surface area (Å²) in [4.78, 5) is 12.6. The fourth-order valence-corrected chi connectivity index (χ4v) is 5.84. The summed E-state index contributed by atoms with van der Waals surface area (Å²) in [6, 6.07) is 15.7. The molecule has 2 aromatic carbocycles. The van der Waals surface area contributed by atoms with Crippen molar-refractivity contribution in [3.63, 3.8) is 0 Å². The summed E-state index contributed by atoms with van der Waals surface area (Å²) in [6.45, 7) is 3.62. The highest BCUT2D eigenvalue weighted by Gasteiger charge is 2.16. The van der Waals surface area contributed by atoms with Crippen LogP contribution in [-0.2, 0) is 25.8 Å². The van der Waals surface area contributed by atoms with Crippen LogP contribution < -0.4 is 14.8 Å². The van der Waals surface area contributed by atoms with Gasteiger partial charge in [0.15, 0.2) is 0 Å². The summed E-state index contributed by atoms with van der Waals surface area (Å²) in [5.74, 6) is -0.628. The third-order valence-corrected chi connectivity index (χ3v) is 8.25. The highest BCUT2D eigenvalue weighted by atomic mass is 32.2. The zero-order valence-electron chi connectivity index (χ0n) is 16.8. The van der Waals surface area contributed by atoms with Crippen molar-refractivity contribution < 1.29 is 21.6 Å². The smallest absolute Gasteiger partial charge is 0.271 e. The Bertz CT molecular complexity index is 1300. The fourth-order valence-electron chi connectivity index (χ4n) is 2.69. The molecule has 8 nitrogen and oxygen atoms in total. The van der Waals surface area contributed by atoms with Gasteiger partial charge in [-0.15, -0.1) is 17.9 Å². The van der Waals surface area contributed by atoms with Gasteiger partial charge in [-0.25, -0.2) is 21.6 Å². The third kappa shape index (κ3) is 6.50. The maximum atomic E-state index is 12.6. The van der Waals surface area contributed by atoms with Crippen molar-refractivity contribution in [2.24, 2.45) is 0 Å². The molecule has 168 valence electrons. The van der Waals surface area contributed by atoms with Crippen molar-refractivity contribution in [3.05, 3.63) is 89.8 Å². The van der Waals surface area contributed by atoms with E-state index in [0.29, 0.717) is 11.3 Å². The zero-order chi connectivity index (χ0) is 23.2. The van der Waals surface area contributed by atoms with Crippen LogP contribution in [0.1, 0.15) is 15.9 Å². The second-order valence-corrected chi connectivity index (χ2v) is 11.3. The largest absolute Gasteiger partial charge is 0.322 e. The van der Waals surface area contributed by atoms with Gasteiger partial charge in [0.05, 0.1) is 5.75 Å². The van der Waals surface area contributed by atoms with E-state index in [-0.39, 0.29) is 27.8 Å². The number of thiophene rings is 1. The number of carbonyl (C=O) groups is 1. The van der Waals surface area contributed by atoms with Gasteiger partial charge in [-0.3, -0.25) is 9.52 Å². The highest BCUT2D eigenvalue weighted by Crippen LogP contribution is 2.21. The second-order valence-electron chi connectivity index (χ2n) is 6.67. The van der Waals surface area contributed by atoms with Crippen LogP contribution in [0.4, 0.5) is 11.4 Å². The average Bonchev–Trinajstić information content (AvgIpc) is 3.29. The Balaban J connectivity index is 1.66. The molecular weight excluding hydrogens is 470 g/mol. The molecule has 1 amide bonds. The molecule has 11 heteroatoms. The molecule has 0 bridgehead atoms. The topological polar surface area (TPSA) is 121 Å². The van der Waals surface area contributed by atoms with Crippen molar-refractivity contribution in [1.29, 1.82) is 0 Å². The summed E-state index contributed by atoms with van der Waals surface area (Å²) in [5.41, 5.74) is 1.56. The Morgan fingerprint density at radius 3 is 2.38 bits per heavy atom. The van der Waals surface area contributed by atoms with Crippen LogP contribution in [-0.4, -0.2) is 29.3 Å². The monoisotopic (exact) mass is 491 g/mol. The standard InChI is InChI=1S/C21H21N3O5S3/c1-2-12-22-31(26,27)15-16-8-10-18(11-9-16)23-21(25)17-5-3-6-19(14-17)24-32(28,29)20-7-4-13-30-20/h2-11,13-14,22,24H,1,12,15H2,(H,23,25). The van der Waals surface area contributed by atoms with Crippen molar-refractivity contribution in [1.82, 2.24) is 4.72 Å². The van der Waals surface area contributed by atoms with E-state index < -0.39 is 26.0 Å². The summed E-state index contributed by atoms with van der Waals surface area (Å²) < 4.78 is 53.6. The number of hydrogen-bond donors (Lipinski definition) is 3. The first-order valence-electron chi connectivity index (χ1n) is 9.33. The van der Waals surface area contributed by atoms with E-state index in [4.69, 9.17) is 0 Å². The maximum absolute atomic E-state index is 12.6. The van der Waals surface area contributed by atoms with Crippen molar-refractivity contribution in [3.8, 4) is 0 Å². The van der Waals surface area contributed by atoms with E-state index in [1.165, 1.54) is 18.2 Å². The number of carbonyl (C=O) groups excluding carboxylic acids is 1. The molecule has 0 saturated heterocycles. The first-order chi connectivity index (χ1) is 15.2. The van der Waals surface area contributed by atoms with Gasteiger partial charge in [-0.05, 0) is 47.3 Å². The molecule has 0 radical (unpaired) electrons. The van der Waals surface area contributed by atoms with Crippen LogP contribution >= 0.6 is 11.3 Å². The predicted octanol–water partition coefficient (Wildman–Crippen LogP) is 3.41. The quantitative estimate of drug-likeness (QED) is 0.375. The minimum atomic E-state index is -3.72. The molecule has 3 aromatic rings. The average molecular weight is 492 g/mol. The number of nitrogens with one attached hydrogen (secondary N) is 3. The zero-order valence-corrected chi connectivity index (χ0v) is 19.3. The lowest BCUT2D eigenvalue weighted by Gasteiger charge is -2.10. The van der Waals surface area contributed by atoms with Gasteiger partial charge in [0.25, 0.3) is 15.9 Å². The molecule has 0 unspecified atom stereocenters. The molecular formula is C21H21N3O5S3. The second kappa shape index (κ2) is 10.1. The summed E-state index contributed by atoms with van der Waals surface area (Å²) in [6.07, 6.45) is 1.46. The SMILES string of the molecule is C=CCNS(=O)(=O)Cc1ccc(NC(=O)c2cccc(NS(=O)(=O)c3cccs3)c2)cc1. The van der Waals surface area contributed by atoms with Gasteiger partial charge in [0.1, 0.15) is 4.21 Å².